The minimum Gasteiger partial charge on any atom is -0.497 e. The van der Waals surface area contributed by atoms with Crippen LogP contribution in [0.15, 0.2) is 56.8 Å². The van der Waals surface area contributed by atoms with E-state index in [9.17, 15) is 22.8 Å². The molecule has 3 aromatic rings. The van der Waals surface area contributed by atoms with Crippen LogP contribution in [-0.2, 0) is 11.0 Å². The van der Waals surface area contributed by atoms with Crippen molar-refractivity contribution in [1.82, 2.24) is 5.27 Å². The second-order valence-electron chi connectivity index (χ2n) is 6.51. The summed E-state index contributed by atoms with van der Waals surface area (Å²) >= 11 is 6.55. The molecule has 0 spiro atoms. The van der Waals surface area contributed by atoms with Crippen LogP contribution < -0.4 is 20.4 Å². The number of benzene rings is 2. The molecule has 1 unspecified atom stereocenters. The first-order chi connectivity index (χ1) is 15.1. The van der Waals surface area contributed by atoms with E-state index in [1.54, 1.807) is 31.2 Å². The van der Waals surface area contributed by atoms with Crippen molar-refractivity contribution < 1.29 is 31.9 Å². The Bertz CT molecular complexity index is 1160. The fourth-order valence-corrected chi connectivity index (χ4v) is 3.96. The molecular formula is C20H18ClF3N3O4S+. The van der Waals surface area contributed by atoms with Crippen molar-refractivity contribution in [2.75, 3.05) is 12.4 Å². The van der Waals surface area contributed by atoms with Gasteiger partial charge in [0.1, 0.15) is 5.75 Å². The Morgan fingerprint density at radius 3 is 2.56 bits per heavy atom. The molecule has 1 atom stereocenters. The summed E-state index contributed by atoms with van der Waals surface area (Å²) in [7, 11) is 1.51. The van der Waals surface area contributed by atoms with Crippen molar-refractivity contribution in [3.8, 4) is 11.4 Å². The highest BCUT2D eigenvalue weighted by Gasteiger charge is 2.36. The Morgan fingerprint density at radius 1 is 1.28 bits per heavy atom. The zero-order chi connectivity index (χ0) is 23.5. The summed E-state index contributed by atoms with van der Waals surface area (Å²) in [4.78, 5) is 25.0. The van der Waals surface area contributed by atoms with E-state index >= 15 is 0 Å². The molecule has 0 saturated heterocycles. The molecule has 32 heavy (non-hydrogen) atoms. The molecule has 0 radical (unpaired) electrons. The molecule has 3 rings (SSSR count). The summed E-state index contributed by atoms with van der Waals surface area (Å²) in [6.45, 7) is 1.68. The third-order valence-electron chi connectivity index (χ3n) is 4.40. The number of carbonyl (C=O) groups is 1. The van der Waals surface area contributed by atoms with Gasteiger partial charge < -0.3 is 10.1 Å². The van der Waals surface area contributed by atoms with E-state index in [1.807, 2.05) is 0 Å². The number of anilines is 1. The zero-order valence-electron chi connectivity index (χ0n) is 16.8. The van der Waals surface area contributed by atoms with Crippen LogP contribution in [0.5, 0.6) is 5.75 Å². The fourth-order valence-electron chi connectivity index (χ4n) is 2.80. The first-order valence-electron chi connectivity index (χ1n) is 9.26. The average Bonchev–Trinajstić information content (AvgIpc) is 3.12. The number of nitrogens with zero attached hydrogens (tertiary/aromatic N) is 1. The predicted octanol–water partition coefficient (Wildman–Crippen LogP) is 4.43. The second kappa shape index (κ2) is 9.70. The SMILES string of the molecule is CCC(Sc1c(=O)o[nH][n+]1-c1ccc(OC)cc1)C(=O)Nc1ccc(Cl)cc1C(F)(F)F. The lowest BCUT2D eigenvalue weighted by Crippen LogP contribution is -2.37. The first-order valence-corrected chi connectivity index (χ1v) is 10.5. The number of methoxy groups -OCH3 is 1. The summed E-state index contributed by atoms with van der Waals surface area (Å²) in [5, 5.41) is 3.82. The summed E-state index contributed by atoms with van der Waals surface area (Å²) in [6, 6.07) is 9.75. The Balaban J connectivity index is 1.86. The third kappa shape index (κ3) is 5.28. The number of hydrogen-bond donors (Lipinski definition) is 2. The number of alkyl halides is 3. The number of aromatic amines is 1. The topological polar surface area (TPSA) is 88.2 Å². The zero-order valence-corrected chi connectivity index (χ0v) is 18.4. The number of nitrogens with one attached hydrogen (secondary N) is 2. The molecular weight excluding hydrogens is 471 g/mol. The monoisotopic (exact) mass is 488 g/mol. The van der Waals surface area contributed by atoms with Crippen molar-refractivity contribution in [2.24, 2.45) is 0 Å². The largest absolute Gasteiger partial charge is 0.497 e. The Hall–Kier alpha value is -2.92. The van der Waals surface area contributed by atoms with Gasteiger partial charge in [-0.15, -0.1) is 0 Å². The van der Waals surface area contributed by atoms with Gasteiger partial charge in [-0.2, -0.15) is 13.2 Å². The fraction of sp³-hybridized carbons (Fsp3) is 0.250. The molecule has 0 saturated carbocycles. The minimum atomic E-state index is -4.71. The molecule has 1 amide bonds. The molecule has 0 fully saturated rings. The number of hydrogen-bond acceptors (Lipinski definition) is 5. The van der Waals surface area contributed by atoms with Crippen molar-refractivity contribution in [3.05, 3.63) is 63.5 Å². The van der Waals surface area contributed by atoms with Gasteiger partial charge in [0.05, 0.1) is 23.6 Å². The van der Waals surface area contributed by atoms with Crippen LogP contribution >= 0.6 is 23.4 Å². The molecule has 7 nitrogen and oxygen atoms in total. The lowest BCUT2D eigenvalue weighted by atomic mass is 10.1. The van der Waals surface area contributed by atoms with Crippen LogP contribution in [0.1, 0.15) is 18.9 Å². The highest BCUT2D eigenvalue weighted by Crippen LogP contribution is 2.37. The summed E-state index contributed by atoms with van der Waals surface area (Å²) in [5.74, 6) is -0.101. The molecule has 170 valence electrons. The van der Waals surface area contributed by atoms with Gasteiger partial charge in [0.2, 0.25) is 11.6 Å². The molecule has 0 bridgehead atoms. The molecule has 0 aliphatic rings. The number of halogens is 4. The van der Waals surface area contributed by atoms with Gasteiger partial charge >= 0.3 is 16.8 Å². The van der Waals surface area contributed by atoms with Crippen molar-refractivity contribution in [1.29, 1.82) is 0 Å². The molecule has 2 N–H and O–H groups in total. The number of H-pyrrole nitrogens is 1. The van der Waals surface area contributed by atoms with Gasteiger partial charge in [-0.3, -0.25) is 9.32 Å². The van der Waals surface area contributed by atoms with Crippen molar-refractivity contribution in [3.63, 3.8) is 0 Å². The third-order valence-corrected chi connectivity index (χ3v) is 6.04. The van der Waals surface area contributed by atoms with Crippen molar-refractivity contribution in [2.45, 2.75) is 29.8 Å². The van der Waals surface area contributed by atoms with Crippen LogP contribution in [0.25, 0.3) is 5.69 Å². The molecule has 1 aromatic heterocycles. The number of carbonyl (C=O) groups excluding carboxylic acids is 1. The molecule has 0 aliphatic carbocycles. The first kappa shape index (κ1) is 23.7. The predicted molar refractivity (Wildman–Crippen MR) is 112 cm³/mol. The van der Waals surface area contributed by atoms with Crippen LogP contribution in [0, 0.1) is 0 Å². The number of rotatable bonds is 7. The number of ether oxygens (including phenoxy) is 1. The van der Waals surface area contributed by atoms with Gasteiger partial charge in [-0.1, -0.05) is 18.5 Å². The lowest BCUT2D eigenvalue weighted by molar-refractivity contribution is -0.704. The van der Waals surface area contributed by atoms with Crippen LogP contribution in [-0.4, -0.2) is 23.5 Å². The Kier molecular flexibility index (Phi) is 7.19. The quantitative estimate of drug-likeness (QED) is 0.379. The van der Waals surface area contributed by atoms with Crippen LogP contribution in [0.4, 0.5) is 18.9 Å². The van der Waals surface area contributed by atoms with E-state index in [4.69, 9.17) is 20.9 Å². The summed E-state index contributed by atoms with van der Waals surface area (Å²) in [6.07, 6.45) is -4.47. The van der Waals surface area contributed by atoms with Gasteiger partial charge in [-0.05, 0) is 58.5 Å². The smallest absolute Gasteiger partial charge is 0.442 e. The van der Waals surface area contributed by atoms with Gasteiger partial charge in [0.25, 0.3) is 0 Å². The maximum atomic E-state index is 13.3. The number of thioether (sulfide) groups is 1. The highest BCUT2D eigenvalue weighted by atomic mass is 35.5. The standard InChI is InChI=1S/C20H17ClF3N3O4S/c1-3-16(17(28)25-15-9-4-11(21)10-14(15)20(22,23)24)32-18-19(29)31-26-27(18)12-5-7-13(30-2)8-6-12/h4-10,16H,3H2,1-2H3,(H-,25,26,28,29)/p+1. The Labute approximate surface area is 189 Å². The van der Waals surface area contributed by atoms with E-state index in [0.29, 0.717) is 11.4 Å². The van der Waals surface area contributed by atoms with E-state index in [0.717, 1.165) is 23.9 Å². The van der Waals surface area contributed by atoms with Crippen LogP contribution in [0.2, 0.25) is 5.02 Å². The van der Waals surface area contributed by atoms with Crippen LogP contribution in [0.3, 0.4) is 0 Å². The molecule has 0 aliphatic heterocycles. The van der Waals surface area contributed by atoms with E-state index < -0.39 is 34.2 Å². The molecule has 2 aromatic carbocycles. The average molecular weight is 489 g/mol. The normalized spacial score (nSPS) is 12.4. The minimum absolute atomic E-state index is 0.0596. The Morgan fingerprint density at radius 2 is 1.97 bits per heavy atom. The molecule has 1 heterocycles. The van der Waals surface area contributed by atoms with Gasteiger partial charge in [0, 0.05) is 17.2 Å². The maximum Gasteiger partial charge on any atom is 0.442 e. The van der Waals surface area contributed by atoms with E-state index in [1.165, 1.54) is 17.9 Å². The summed E-state index contributed by atoms with van der Waals surface area (Å²) < 4.78 is 51.3. The van der Waals surface area contributed by atoms with Gasteiger partial charge in [-0.25, -0.2) is 4.79 Å². The number of aromatic nitrogens is 2. The van der Waals surface area contributed by atoms with Crippen molar-refractivity contribution >= 4 is 35.0 Å². The number of amides is 1. The maximum absolute atomic E-state index is 13.3. The van der Waals surface area contributed by atoms with E-state index in [-0.39, 0.29) is 16.5 Å². The molecule has 12 heteroatoms. The van der Waals surface area contributed by atoms with Gasteiger partial charge in [0.15, 0.2) is 0 Å². The summed E-state index contributed by atoms with van der Waals surface area (Å²) in [5.41, 5.74) is -1.67. The lowest BCUT2D eigenvalue weighted by Gasteiger charge is -2.16. The highest BCUT2D eigenvalue weighted by molar-refractivity contribution is 8.00. The van der Waals surface area contributed by atoms with E-state index in [2.05, 4.69) is 10.6 Å². The second-order valence-corrected chi connectivity index (χ2v) is 8.14.